The molecule has 2 aliphatic rings. The highest BCUT2D eigenvalue weighted by Gasteiger charge is 2.38. The highest BCUT2D eigenvalue weighted by atomic mass is 16.1. The van der Waals surface area contributed by atoms with Crippen molar-refractivity contribution < 1.29 is 4.79 Å². The lowest BCUT2D eigenvalue weighted by atomic mass is 9.77. The second-order valence-electron chi connectivity index (χ2n) is 8.37. The molecule has 3 aromatic rings. The van der Waals surface area contributed by atoms with Crippen LogP contribution < -0.4 is 15.8 Å². The van der Waals surface area contributed by atoms with Crippen molar-refractivity contribution in [2.75, 3.05) is 23.3 Å². The van der Waals surface area contributed by atoms with Crippen LogP contribution in [-0.4, -0.2) is 28.7 Å². The third-order valence-electron chi connectivity index (χ3n) is 6.61. The molecular formula is C26H28N4O2. The Balaban J connectivity index is 1.66. The summed E-state index contributed by atoms with van der Waals surface area (Å²) in [4.78, 5) is 28.9. The number of hydrogen-bond donors (Lipinski definition) is 2. The summed E-state index contributed by atoms with van der Waals surface area (Å²) in [7, 11) is 0. The summed E-state index contributed by atoms with van der Waals surface area (Å²) >= 11 is 0. The average molecular weight is 429 g/mol. The summed E-state index contributed by atoms with van der Waals surface area (Å²) in [5.41, 5.74) is 5.06. The number of aromatic nitrogens is 2. The molecule has 1 aliphatic heterocycles. The zero-order valence-corrected chi connectivity index (χ0v) is 18.5. The number of ketones is 1. The number of carbonyl (C=O) groups excluding carboxylic acids is 1. The molecule has 1 aliphatic carbocycles. The predicted molar refractivity (Wildman–Crippen MR) is 128 cm³/mol. The molecule has 32 heavy (non-hydrogen) atoms. The molecule has 5 rings (SSSR count). The number of nitrogens with zero attached hydrogens (tertiary/aromatic N) is 2. The van der Waals surface area contributed by atoms with Crippen LogP contribution in [0.2, 0.25) is 0 Å². The smallest absolute Gasteiger partial charge is 0.277 e. The van der Waals surface area contributed by atoms with E-state index in [4.69, 9.17) is 0 Å². The molecule has 0 saturated carbocycles. The minimum absolute atomic E-state index is 0.124. The lowest BCUT2D eigenvalue weighted by Crippen LogP contribution is -2.30. The van der Waals surface area contributed by atoms with Crippen molar-refractivity contribution in [3.05, 3.63) is 87.3 Å². The van der Waals surface area contributed by atoms with Crippen LogP contribution in [0, 0.1) is 0 Å². The largest absolute Gasteiger partial charge is 0.372 e. The number of aromatic amines is 1. The zero-order chi connectivity index (χ0) is 22.2. The van der Waals surface area contributed by atoms with Gasteiger partial charge in [0, 0.05) is 42.4 Å². The Hall–Kier alpha value is -3.54. The molecule has 0 radical (unpaired) electrons. The minimum atomic E-state index is -0.367. The van der Waals surface area contributed by atoms with E-state index in [1.165, 1.54) is 0 Å². The molecule has 2 heterocycles. The number of rotatable bonds is 5. The SMILES string of the molecule is CCN(CC)c1ccc([C@@H]2C3=C(CCCC3=O)Nc3[nH]n(-c4ccccc4)c(=O)c32)cc1. The lowest BCUT2D eigenvalue weighted by molar-refractivity contribution is -0.116. The molecule has 2 N–H and O–H groups in total. The fourth-order valence-corrected chi connectivity index (χ4v) is 5.00. The molecule has 0 spiro atoms. The number of fused-ring (bicyclic) bond motifs is 1. The number of H-pyrrole nitrogens is 1. The van der Waals surface area contributed by atoms with E-state index in [0.29, 0.717) is 17.8 Å². The topological polar surface area (TPSA) is 70.1 Å². The summed E-state index contributed by atoms with van der Waals surface area (Å²) in [5.74, 6) is 0.452. The molecular weight excluding hydrogens is 400 g/mol. The number of anilines is 2. The van der Waals surface area contributed by atoms with Crippen LogP contribution in [0.3, 0.4) is 0 Å². The van der Waals surface area contributed by atoms with Gasteiger partial charge in [-0.2, -0.15) is 0 Å². The molecule has 6 nitrogen and oxygen atoms in total. The van der Waals surface area contributed by atoms with Crippen molar-refractivity contribution >= 4 is 17.3 Å². The Bertz CT molecular complexity index is 1230. The second kappa shape index (κ2) is 8.19. The van der Waals surface area contributed by atoms with Gasteiger partial charge in [-0.25, -0.2) is 4.68 Å². The summed E-state index contributed by atoms with van der Waals surface area (Å²) in [5, 5.41) is 6.64. The van der Waals surface area contributed by atoms with E-state index in [-0.39, 0.29) is 17.3 Å². The van der Waals surface area contributed by atoms with Crippen LogP contribution in [-0.2, 0) is 4.79 Å². The molecule has 1 aromatic heterocycles. The highest BCUT2D eigenvalue weighted by Crippen LogP contribution is 2.43. The number of nitrogens with one attached hydrogen (secondary N) is 2. The Labute approximate surface area is 187 Å². The third-order valence-corrected chi connectivity index (χ3v) is 6.61. The quantitative estimate of drug-likeness (QED) is 0.624. The lowest BCUT2D eigenvalue weighted by Gasteiger charge is -2.31. The first-order valence-corrected chi connectivity index (χ1v) is 11.4. The number of para-hydroxylation sites is 1. The van der Waals surface area contributed by atoms with Gasteiger partial charge in [0.25, 0.3) is 5.56 Å². The van der Waals surface area contributed by atoms with Crippen LogP contribution in [0.25, 0.3) is 5.69 Å². The number of hydrogen-bond acceptors (Lipinski definition) is 4. The summed E-state index contributed by atoms with van der Waals surface area (Å²) in [6, 6.07) is 17.9. The average Bonchev–Trinajstić information content (AvgIpc) is 3.16. The van der Waals surface area contributed by atoms with Crippen LogP contribution in [0.15, 0.2) is 70.7 Å². The Kier molecular flexibility index (Phi) is 5.21. The first kappa shape index (κ1) is 20.4. The molecule has 2 aromatic carbocycles. The molecule has 1 atom stereocenters. The first-order valence-electron chi connectivity index (χ1n) is 11.4. The number of Topliss-reactive ketones (excluding diaryl/α,β-unsaturated/α-hetero) is 1. The van der Waals surface area contributed by atoms with Crippen molar-refractivity contribution in [3.8, 4) is 5.69 Å². The molecule has 0 fully saturated rings. The molecule has 0 bridgehead atoms. The van der Waals surface area contributed by atoms with Crippen LogP contribution in [0.4, 0.5) is 11.5 Å². The number of allylic oxidation sites excluding steroid dienone is 2. The summed E-state index contributed by atoms with van der Waals surface area (Å²) in [6.45, 7) is 6.14. The molecule has 0 saturated heterocycles. The minimum Gasteiger partial charge on any atom is -0.372 e. The van der Waals surface area contributed by atoms with Gasteiger partial charge in [0.2, 0.25) is 0 Å². The monoisotopic (exact) mass is 428 g/mol. The van der Waals surface area contributed by atoms with Gasteiger partial charge in [0.15, 0.2) is 5.78 Å². The molecule has 0 amide bonds. The van der Waals surface area contributed by atoms with E-state index in [1.807, 2.05) is 30.3 Å². The second-order valence-corrected chi connectivity index (χ2v) is 8.37. The van der Waals surface area contributed by atoms with Gasteiger partial charge in [0.1, 0.15) is 5.82 Å². The van der Waals surface area contributed by atoms with E-state index in [9.17, 15) is 9.59 Å². The molecule has 6 heteroatoms. The van der Waals surface area contributed by atoms with E-state index < -0.39 is 0 Å². The fraction of sp³-hybridized carbons (Fsp3) is 0.308. The number of carbonyl (C=O) groups is 1. The van der Waals surface area contributed by atoms with E-state index in [0.717, 1.165) is 54.1 Å². The van der Waals surface area contributed by atoms with Gasteiger partial charge in [-0.1, -0.05) is 30.3 Å². The maximum Gasteiger partial charge on any atom is 0.277 e. The highest BCUT2D eigenvalue weighted by molar-refractivity contribution is 6.00. The normalized spacial score (nSPS) is 17.6. The van der Waals surface area contributed by atoms with Crippen LogP contribution >= 0.6 is 0 Å². The van der Waals surface area contributed by atoms with Gasteiger partial charge in [0.05, 0.1) is 11.3 Å². The van der Waals surface area contributed by atoms with Crippen molar-refractivity contribution in [2.24, 2.45) is 0 Å². The number of benzene rings is 2. The maximum atomic E-state index is 13.6. The maximum absolute atomic E-state index is 13.6. The van der Waals surface area contributed by atoms with Gasteiger partial charge in [-0.05, 0) is 56.5 Å². The summed E-state index contributed by atoms with van der Waals surface area (Å²) < 4.78 is 1.57. The van der Waals surface area contributed by atoms with Crippen LogP contribution in [0.1, 0.15) is 50.2 Å². The predicted octanol–water partition coefficient (Wildman–Crippen LogP) is 4.58. The van der Waals surface area contributed by atoms with Crippen molar-refractivity contribution in [1.29, 1.82) is 0 Å². The Morgan fingerprint density at radius 3 is 2.38 bits per heavy atom. The molecule has 0 unspecified atom stereocenters. The van der Waals surface area contributed by atoms with Gasteiger partial charge in [-0.15, -0.1) is 0 Å². The third kappa shape index (κ3) is 3.27. The van der Waals surface area contributed by atoms with Crippen LogP contribution in [0.5, 0.6) is 0 Å². The molecule has 164 valence electrons. The van der Waals surface area contributed by atoms with Crippen molar-refractivity contribution in [2.45, 2.75) is 39.0 Å². The standard InChI is InChI=1S/C26H28N4O2/c1-3-29(4-2)18-15-13-17(14-16-18)22-23-20(11-8-12-21(23)31)27-25-24(22)26(32)30(28-25)19-9-6-5-7-10-19/h5-7,9-10,13-16,22,27-28H,3-4,8,11-12H2,1-2H3/t22-/m1/s1. The first-order chi connectivity index (χ1) is 15.6. The zero-order valence-electron chi connectivity index (χ0n) is 18.5. The van der Waals surface area contributed by atoms with E-state index in [1.54, 1.807) is 4.68 Å². The van der Waals surface area contributed by atoms with E-state index >= 15 is 0 Å². The van der Waals surface area contributed by atoms with Crippen molar-refractivity contribution in [3.63, 3.8) is 0 Å². The summed E-state index contributed by atoms with van der Waals surface area (Å²) in [6.07, 6.45) is 2.17. The Morgan fingerprint density at radius 2 is 1.69 bits per heavy atom. The van der Waals surface area contributed by atoms with Gasteiger partial charge in [-0.3, -0.25) is 14.7 Å². The van der Waals surface area contributed by atoms with Gasteiger partial charge < -0.3 is 10.2 Å². The Morgan fingerprint density at radius 1 is 0.969 bits per heavy atom. The van der Waals surface area contributed by atoms with Gasteiger partial charge >= 0.3 is 0 Å². The van der Waals surface area contributed by atoms with E-state index in [2.05, 4.69) is 53.4 Å². The fourth-order valence-electron chi connectivity index (χ4n) is 5.00. The van der Waals surface area contributed by atoms with Crippen molar-refractivity contribution in [1.82, 2.24) is 9.78 Å².